The Hall–Kier alpha value is -3.22. The number of para-hydroxylation sites is 1. The SMILES string of the molecule is CCc1ccccc1NC(=O)C[C@H](C)Nc1ccc(OC)c(OCC(N)=O)c1. The number of aryl methyl sites for hydroxylation is 1. The molecule has 150 valence electrons. The van der Waals surface area contributed by atoms with Crippen molar-refractivity contribution >= 4 is 23.2 Å². The monoisotopic (exact) mass is 385 g/mol. The highest BCUT2D eigenvalue weighted by molar-refractivity contribution is 5.92. The minimum absolute atomic E-state index is 0.0698. The summed E-state index contributed by atoms with van der Waals surface area (Å²) in [6.45, 7) is 3.73. The van der Waals surface area contributed by atoms with Crippen molar-refractivity contribution in [1.29, 1.82) is 0 Å². The van der Waals surface area contributed by atoms with Crippen molar-refractivity contribution in [2.24, 2.45) is 5.73 Å². The number of anilines is 2. The Labute approximate surface area is 165 Å². The number of primary amides is 1. The summed E-state index contributed by atoms with van der Waals surface area (Å²) in [6.07, 6.45) is 1.14. The first kappa shape index (κ1) is 21.1. The van der Waals surface area contributed by atoms with Gasteiger partial charge in [0, 0.05) is 29.9 Å². The molecule has 2 aromatic rings. The number of methoxy groups -OCH3 is 1. The topological polar surface area (TPSA) is 103 Å². The number of nitrogens with two attached hydrogens (primary N) is 1. The number of carbonyl (C=O) groups is 2. The van der Waals surface area contributed by atoms with Gasteiger partial charge in [0.15, 0.2) is 18.1 Å². The fourth-order valence-electron chi connectivity index (χ4n) is 2.79. The van der Waals surface area contributed by atoms with Crippen LogP contribution in [0.1, 0.15) is 25.8 Å². The second kappa shape index (κ2) is 10.2. The maximum atomic E-state index is 12.4. The molecule has 0 aliphatic carbocycles. The third kappa shape index (κ3) is 6.19. The van der Waals surface area contributed by atoms with E-state index in [1.165, 1.54) is 7.11 Å². The largest absolute Gasteiger partial charge is 0.493 e. The lowest BCUT2D eigenvalue weighted by molar-refractivity contribution is -0.120. The van der Waals surface area contributed by atoms with Crippen LogP contribution in [-0.2, 0) is 16.0 Å². The molecule has 0 aliphatic rings. The van der Waals surface area contributed by atoms with Crippen LogP contribution >= 0.6 is 0 Å². The van der Waals surface area contributed by atoms with Crippen molar-refractivity contribution in [2.45, 2.75) is 32.7 Å². The number of nitrogens with one attached hydrogen (secondary N) is 2. The number of ether oxygens (including phenoxy) is 2. The lowest BCUT2D eigenvalue weighted by atomic mass is 10.1. The van der Waals surface area contributed by atoms with Crippen LogP contribution < -0.4 is 25.8 Å². The van der Waals surface area contributed by atoms with Crippen molar-refractivity contribution < 1.29 is 19.1 Å². The van der Waals surface area contributed by atoms with Gasteiger partial charge in [0.1, 0.15) is 0 Å². The van der Waals surface area contributed by atoms with Crippen molar-refractivity contribution in [3.05, 3.63) is 48.0 Å². The molecule has 2 amide bonds. The minimum Gasteiger partial charge on any atom is -0.493 e. The molecule has 1 atom stereocenters. The number of hydrogen-bond donors (Lipinski definition) is 3. The first-order chi connectivity index (χ1) is 13.4. The van der Waals surface area contributed by atoms with Gasteiger partial charge in [-0.05, 0) is 37.1 Å². The van der Waals surface area contributed by atoms with Gasteiger partial charge in [-0.15, -0.1) is 0 Å². The van der Waals surface area contributed by atoms with Crippen molar-refractivity contribution in [3.63, 3.8) is 0 Å². The summed E-state index contributed by atoms with van der Waals surface area (Å²) < 4.78 is 10.6. The van der Waals surface area contributed by atoms with E-state index in [4.69, 9.17) is 15.2 Å². The second-order valence-corrected chi connectivity index (χ2v) is 6.43. The molecule has 0 heterocycles. The second-order valence-electron chi connectivity index (χ2n) is 6.43. The Bertz CT molecular complexity index is 823. The zero-order valence-corrected chi connectivity index (χ0v) is 16.5. The fraction of sp³-hybridized carbons (Fsp3) is 0.333. The van der Waals surface area contributed by atoms with Crippen LogP contribution in [0.5, 0.6) is 11.5 Å². The van der Waals surface area contributed by atoms with Gasteiger partial charge in [-0.2, -0.15) is 0 Å². The number of rotatable bonds is 10. The number of benzene rings is 2. The molecule has 0 bridgehead atoms. The molecule has 7 nitrogen and oxygen atoms in total. The molecule has 0 aromatic heterocycles. The molecule has 4 N–H and O–H groups in total. The summed E-state index contributed by atoms with van der Waals surface area (Å²) in [5.74, 6) is 0.255. The van der Waals surface area contributed by atoms with E-state index in [2.05, 4.69) is 17.6 Å². The maximum Gasteiger partial charge on any atom is 0.255 e. The average Bonchev–Trinajstić information content (AvgIpc) is 2.66. The Balaban J connectivity index is 1.98. The van der Waals surface area contributed by atoms with E-state index in [0.717, 1.165) is 23.4 Å². The zero-order valence-electron chi connectivity index (χ0n) is 16.5. The highest BCUT2D eigenvalue weighted by atomic mass is 16.5. The average molecular weight is 385 g/mol. The first-order valence-corrected chi connectivity index (χ1v) is 9.16. The lowest BCUT2D eigenvalue weighted by Gasteiger charge is -2.17. The summed E-state index contributed by atoms with van der Waals surface area (Å²) in [4.78, 5) is 23.3. The molecule has 0 aliphatic heterocycles. The zero-order chi connectivity index (χ0) is 20.5. The van der Waals surface area contributed by atoms with Gasteiger partial charge >= 0.3 is 0 Å². The van der Waals surface area contributed by atoms with Crippen LogP contribution in [0, 0.1) is 0 Å². The van der Waals surface area contributed by atoms with Crippen LogP contribution in [0.25, 0.3) is 0 Å². The molecule has 28 heavy (non-hydrogen) atoms. The highest BCUT2D eigenvalue weighted by Gasteiger charge is 2.13. The Kier molecular flexibility index (Phi) is 7.68. The number of amides is 2. The van der Waals surface area contributed by atoms with E-state index in [-0.39, 0.29) is 18.6 Å². The molecule has 0 spiro atoms. The minimum atomic E-state index is -0.571. The van der Waals surface area contributed by atoms with E-state index in [1.807, 2.05) is 37.3 Å². The smallest absolute Gasteiger partial charge is 0.255 e. The summed E-state index contributed by atoms with van der Waals surface area (Å²) >= 11 is 0. The predicted molar refractivity (Wildman–Crippen MR) is 110 cm³/mol. The summed E-state index contributed by atoms with van der Waals surface area (Å²) in [7, 11) is 1.51. The maximum absolute atomic E-state index is 12.4. The van der Waals surface area contributed by atoms with Gasteiger partial charge in [0.25, 0.3) is 5.91 Å². The van der Waals surface area contributed by atoms with Crippen molar-refractivity contribution in [3.8, 4) is 11.5 Å². The Morgan fingerprint density at radius 2 is 1.89 bits per heavy atom. The van der Waals surface area contributed by atoms with E-state index in [0.29, 0.717) is 17.9 Å². The molecular weight excluding hydrogens is 358 g/mol. The van der Waals surface area contributed by atoms with Gasteiger partial charge in [0.05, 0.1) is 7.11 Å². The third-order valence-corrected chi connectivity index (χ3v) is 4.11. The van der Waals surface area contributed by atoms with E-state index in [9.17, 15) is 9.59 Å². The van der Waals surface area contributed by atoms with Crippen LogP contribution in [0.2, 0.25) is 0 Å². The summed E-state index contributed by atoms with van der Waals surface area (Å²) in [5, 5.41) is 6.22. The third-order valence-electron chi connectivity index (χ3n) is 4.11. The van der Waals surface area contributed by atoms with Crippen LogP contribution in [0.4, 0.5) is 11.4 Å². The molecule has 0 fully saturated rings. The van der Waals surface area contributed by atoms with Gasteiger partial charge in [-0.3, -0.25) is 9.59 Å². The predicted octanol–water partition coefficient (Wildman–Crippen LogP) is 2.95. The van der Waals surface area contributed by atoms with E-state index in [1.54, 1.807) is 12.1 Å². The van der Waals surface area contributed by atoms with Crippen LogP contribution in [-0.4, -0.2) is 31.6 Å². The lowest BCUT2D eigenvalue weighted by Crippen LogP contribution is -2.24. The summed E-state index contributed by atoms with van der Waals surface area (Å²) in [6, 6.07) is 12.9. The molecular formula is C21H27N3O4. The Morgan fingerprint density at radius 1 is 1.14 bits per heavy atom. The van der Waals surface area contributed by atoms with Gasteiger partial charge in [0.2, 0.25) is 5.91 Å². The molecule has 0 saturated heterocycles. The fourth-order valence-corrected chi connectivity index (χ4v) is 2.79. The highest BCUT2D eigenvalue weighted by Crippen LogP contribution is 2.30. The molecule has 0 saturated carbocycles. The van der Waals surface area contributed by atoms with Gasteiger partial charge < -0.3 is 25.8 Å². The normalized spacial score (nSPS) is 11.4. The number of carbonyl (C=O) groups excluding carboxylic acids is 2. The quantitative estimate of drug-likeness (QED) is 0.583. The van der Waals surface area contributed by atoms with Crippen LogP contribution in [0.3, 0.4) is 0 Å². The Morgan fingerprint density at radius 3 is 2.57 bits per heavy atom. The summed E-state index contributed by atoms with van der Waals surface area (Å²) in [5.41, 5.74) is 7.81. The molecule has 2 aromatic carbocycles. The van der Waals surface area contributed by atoms with Crippen LogP contribution in [0.15, 0.2) is 42.5 Å². The van der Waals surface area contributed by atoms with Gasteiger partial charge in [-0.25, -0.2) is 0 Å². The van der Waals surface area contributed by atoms with E-state index >= 15 is 0 Å². The molecule has 0 radical (unpaired) electrons. The van der Waals surface area contributed by atoms with E-state index < -0.39 is 5.91 Å². The number of hydrogen-bond acceptors (Lipinski definition) is 5. The van der Waals surface area contributed by atoms with Gasteiger partial charge in [-0.1, -0.05) is 25.1 Å². The molecule has 7 heteroatoms. The molecule has 0 unspecified atom stereocenters. The first-order valence-electron chi connectivity index (χ1n) is 9.16. The molecule has 2 rings (SSSR count). The standard InChI is InChI=1S/C21H27N3O4/c1-4-15-7-5-6-8-17(15)24-21(26)11-14(2)23-16-9-10-18(27-3)19(12-16)28-13-20(22)25/h5-10,12,14,23H,4,11,13H2,1-3H3,(H2,22,25)(H,24,26)/t14-/m0/s1. The van der Waals surface area contributed by atoms with Crippen molar-refractivity contribution in [1.82, 2.24) is 0 Å². The van der Waals surface area contributed by atoms with Crippen molar-refractivity contribution in [2.75, 3.05) is 24.4 Å².